The lowest BCUT2D eigenvalue weighted by molar-refractivity contribution is -0.131. The molecule has 116 valence electrons. The third-order valence-electron chi connectivity index (χ3n) is 3.81. The van der Waals surface area contributed by atoms with Crippen molar-refractivity contribution in [3.63, 3.8) is 0 Å². The fourth-order valence-electron chi connectivity index (χ4n) is 2.52. The van der Waals surface area contributed by atoms with Crippen LogP contribution in [-0.4, -0.2) is 23.9 Å². The molecule has 0 aromatic heterocycles. The van der Waals surface area contributed by atoms with Crippen molar-refractivity contribution in [2.75, 3.05) is 13.1 Å². The van der Waals surface area contributed by atoms with E-state index in [1.807, 2.05) is 42.2 Å². The molecule has 0 fully saturated rings. The number of nitrogens with zero attached hydrogens (tertiary/aromatic N) is 1. The third-order valence-corrected chi connectivity index (χ3v) is 3.81. The highest BCUT2D eigenvalue weighted by Crippen LogP contribution is 2.13. The van der Waals surface area contributed by atoms with E-state index in [2.05, 4.69) is 25.1 Å². The van der Waals surface area contributed by atoms with Crippen LogP contribution in [0.25, 0.3) is 0 Å². The molecular weight excluding hydrogens is 272 g/mol. The molecule has 2 aromatic carbocycles. The predicted octanol–water partition coefficient (Wildman–Crippen LogP) is 2.83. The summed E-state index contributed by atoms with van der Waals surface area (Å²) in [5.74, 6) is 0.128. The molecule has 0 spiro atoms. The first-order chi connectivity index (χ1) is 10.6. The number of amides is 1. The van der Waals surface area contributed by atoms with Crippen LogP contribution in [0.15, 0.2) is 48.5 Å². The fraction of sp³-hybridized carbons (Fsp3) is 0.316. The van der Waals surface area contributed by atoms with Crippen LogP contribution in [0.2, 0.25) is 0 Å². The number of hydrogen-bond acceptors (Lipinski definition) is 2. The van der Waals surface area contributed by atoms with Gasteiger partial charge in [-0.05, 0) is 30.5 Å². The van der Waals surface area contributed by atoms with E-state index in [4.69, 9.17) is 5.73 Å². The Kier molecular flexibility index (Phi) is 5.73. The van der Waals surface area contributed by atoms with Gasteiger partial charge in [-0.3, -0.25) is 4.79 Å². The Labute approximate surface area is 132 Å². The second-order valence-electron chi connectivity index (χ2n) is 5.70. The first-order valence-electron chi connectivity index (χ1n) is 7.68. The zero-order chi connectivity index (χ0) is 15.9. The Morgan fingerprint density at radius 1 is 1.09 bits per heavy atom. The van der Waals surface area contributed by atoms with Crippen LogP contribution in [0, 0.1) is 13.8 Å². The average molecular weight is 296 g/mol. The number of carbonyl (C=O) groups is 1. The number of carbonyl (C=O) groups excluding carboxylic acids is 1. The van der Waals surface area contributed by atoms with Crippen molar-refractivity contribution in [3.8, 4) is 0 Å². The van der Waals surface area contributed by atoms with E-state index in [0.717, 1.165) is 16.7 Å². The van der Waals surface area contributed by atoms with Gasteiger partial charge < -0.3 is 10.6 Å². The van der Waals surface area contributed by atoms with Gasteiger partial charge in [-0.25, -0.2) is 0 Å². The van der Waals surface area contributed by atoms with Crippen molar-refractivity contribution in [1.29, 1.82) is 0 Å². The van der Waals surface area contributed by atoms with Crippen LogP contribution in [0.5, 0.6) is 0 Å². The number of nitrogens with two attached hydrogens (primary N) is 1. The molecule has 0 radical (unpaired) electrons. The van der Waals surface area contributed by atoms with Crippen LogP contribution in [-0.2, 0) is 17.8 Å². The van der Waals surface area contributed by atoms with Crippen LogP contribution in [0.4, 0.5) is 0 Å². The van der Waals surface area contributed by atoms with E-state index in [-0.39, 0.29) is 5.91 Å². The van der Waals surface area contributed by atoms with Crippen LogP contribution in [0.1, 0.15) is 22.3 Å². The summed E-state index contributed by atoms with van der Waals surface area (Å²) >= 11 is 0. The summed E-state index contributed by atoms with van der Waals surface area (Å²) in [6, 6.07) is 16.3. The molecule has 0 saturated heterocycles. The zero-order valence-corrected chi connectivity index (χ0v) is 13.4. The second-order valence-corrected chi connectivity index (χ2v) is 5.70. The van der Waals surface area contributed by atoms with Crippen LogP contribution in [0.3, 0.4) is 0 Å². The summed E-state index contributed by atoms with van der Waals surface area (Å²) in [5.41, 5.74) is 10.2. The zero-order valence-electron chi connectivity index (χ0n) is 13.4. The summed E-state index contributed by atoms with van der Waals surface area (Å²) < 4.78 is 0. The summed E-state index contributed by atoms with van der Waals surface area (Å²) in [7, 11) is 0. The Bertz CT molecular complexity index is 623. The number of rotatable bonds is 6. The molecule has 3 nitrogen and oxygen atoms in total. The van der Waals surface area contributed by atoms with Gasteiger partial charge >= 0.3 is 0 Å². The molecule has 0 heterocycles. The Balaban J connectivity index is 2.11. The first kappa shape index (κ1) is 16.2. The van der Waals surface area contributed by atoms with E-state index < -0.39 is 0 Å². The highest BCUT2D eigenvalue weighted by Gasteiger charge is 2.15. The first-order valence-corrected chi connectivity index (χ1v) is 7.68. The molecule has 2 N–H and O–H groups in total. The van der Waals surface area contributed by atoms with Crippen molar-refractivity contribution >= 4 is 5.91 Å². The molecule has 0 aliphatic heterocycles. The Morgan fingerprint density at radius 2 is 1.82 bits per heavy atom. The molecule has 0 bridgehead atoms. The van der Waals surface area contributed by atoms with E-state index >= 15 is 0 Å². The summed E-state index contributed by atoms with van der Waals surface area (Å²) in [6.45, 7) is 5.77. The minimum absolute atomic E-state index is 0.128. The lowest BCUT2D eigenvalue weighted by Crippen LogP contribution is -2.36. The van der Waals surface area contributed by atoms with Gasteiger partial charge in [0.2, 0.25) is 5.91 Å². The monoisotopic (exact) mass is 296 g/mol. The molecule has 2 aromatic rings. The molecule has 0 unspecified atom stereocenters. The van der Waals surface area contributed by atoms with Crippen molar-refractivity contribution in [3.05, 3.63) is 70.8 Å². The molecule has 22 heavy (non-hydrogen) atoms. The molecular formula is C19H24N2O. The number of aryl methyl sites for hydroxylation is 2. The SMILES string of the molecule is Cc1ccc(C)c(CC(=O)N(CCN)Cc2ccccc2)c1. The van der Waals surface area contributed by atoms with Gasteiger partial charge in [-0.15, -0.1) is 0 Å². The normalized spacial score (nSPS) is 10.5. The highest BCUT2D eigenvalue weighted by molar-refractivity contribution is 5.79. The van der Waals surface area contributed by atoms with Gasteiger partial charge in [0.05, 0.1) is 6.42 Å². The standard InChI is InChI=1S/C19H24N2O/c1-15-8-9-16(2)18(12-15)13-19(22)21(11-10-20)14-17-6-4-3-5-7-17/h3-9,12H,10-11,13-14,20H2,1-2H3. The third kappa shape index (κ3) is 4.43. The summed E-state index contributed by atoms with van der Waals surface area (Å²) in [6.07, 6.45) is 0.431. The van der Waals surface area contributed by atoms with Crippen LogP contribution < -0.4 is 5.73 Å². The topological polar surface area (TPSA) is 46.3 Å². The minimum atomic E-state index is 0.128. The van der Waals surface area contributed by atoms with Gasteiger partial charge in [0.1, 0.15) is 0 Å². The van der Waals surface area contributed by atoms with Gasteiger partial charge in [0, 0.05) is 19.6 Å². The van der Waals surface area contributed by atoms with E-state index in [1.54, 1.807) is 0 Å². The fourth-order valence-corrected chi connectivity index (χ4v) is 2.52. The van der Waals surface area contributed by atoms with Gasteiger partial charge in [-0.2, -0.15) is 0 Å². The van der Waals surface area contributed by atoms with Gasteiger partial charge in [-0.1, -0.05) is 54.1 Å². The largest absolute Gasteiger partial charge is 0.337 e. The highest BCUT2D eigenvalue weighted by atomic mass is 16.2. The minimum Gasteiger partial charge on any atom is -0.337 e. The lowest BCUT2D eigenvalue weighted by Gasteiger charge is -2.23. The van der Waals surface area contributed by atoms with Crippen LogP contribution >= 0.6 is 0 Å². The Morgan fingerprint density at radius 3 is 2.50 bits per heavy atom. The van der Waals surface area contributed by atoms with Gasteiger partial charge in [0.15, 0.2) is 0 Å². The molecule has 0 aliphatic carbocycles. The summed E-state index contributed by atoms with van der Waals surface area (Å²) in [5, 5.41) is 0. The number of benzene rings is 2. The van der Waals surface area contributed by atoms with E-state index in [9.17, 15) is 4.79 Å². The summed E-state index contributed by atoms with van der Waals surface area (Å²) in [4.78, 5) is 14.5. The maximum atomic E-state index is 12.6. The Hall–Kier alpha value is -2.13. The number of hydrogen-bond donors (Lipinski definition) is 1. The van der Waals surface area contributed by atoms with E-state index in [1.165, 1.54) is 5.56 Å². The quantitative estimate of drug-likeness (QED) is 0.891. The lowest BCUT2D eigenvalue weighted by atomic mass is 10.0. The maximum Gasteiger partial charge on any atom is 0.227 e. The van der Waals surface area contributed by atoms with Crippen molar-refractivity contribution in [2.45, 2.75) is 26.8 Å². The molecule has 2 rings (SSSR count). The molecule has 1 amide bonds. The predicted molar refractivity (Wildman–Crippen MR) is 90.5 cm³/mol. The average Bonchev–Trinajstić information content (AvgIpc) is 2.51. The molecule has 0 aliphatic rings. The van der Waals surface area contributed by atoms with E-state index in [0.29, 0.717) is 26.1 Å². The van der Waals surface area contributed by atoms with Gasteiger partial charge in [0.25, 0.3) is 0 Å². The molecule has 3 heteroatoms. The van der Waals surface area contributed by atoms with Crippen molar-refractivity contribution < 1.29 is 4.79 Å². The van der Waals surface area contributed by atoms with Crippen molar-refractivity contribution in [2.24, 2.45) is 5.73 Å². The molecule has 0 atom stereocenters. The molecule has 0 saturated carbocycles. The smallest absolute Gasteiger partial charge is 0.227 e. The maximum absolute atomic E-state index is 12.6. The second kappa shape index (κ2) is 7.76. The van der Waals surface area contributed by atoms with Crippen molar-refractivity contribution in [1.82, 2.24) is 4.90 Å².